The van der Waals surface area contributed by atoms with Crippen LogP contribution < -0.4 is 4.90 Å². The number of aryl methyl sites for hydroxylation is 1. The summed E-state index contributed by atoms with van der Waals surface area (Å²) in [6.45, 7) is 5.65. The van der Waals surface area contributed by atoms with Crippen molar-refractivity contribution in [1.29, 1.82) is 0 Å². The second-order valence-electron chi connectivity index (χ2n) is 6.78. The number of ether oxygens (including phenoxy) is 1. The molecule has 8 nitrogen and oxygen atoms in total. The Balaban J connectivity index is 0.000000370. The van der Waals surface area contributed by atoms with Gasteiger partial charge in [-0.05, 0) is 37.8 Å². The molecule has 0 radical (unpaired) electrons. The predicted molar refractivity (Wildman–Crippen MR) is 98.3 cm³/mol. The van der Waals surface area contributed by atoms with Gasteiger partial charge in [0.2, 0.25) is 0 Å². The molecule has 29 heavy (non-hydrogen) atoms. The second kappa shape index (κ2) is 10.2. The highest BCUT2D eigenvalue weighted by Gasteiger charge is 2.38. The zero-order chi connectivity index (χ0) is 21.4. The Morgan fingerprint density at radius 2 is 2.14 bits per heavy atom. The summed E-state index contributed by atoms with van der Waals surface area (Å²) in [5.74, 6) is -2.16. The largest absolute Gasteiger partial charge is 0.490 e. The van der Waals surface area contributed by atoms with Crippen molar-refractivity contribution in [1.82, 2.24) is 20.0 Å². The molecule has 0 aromatic carbocycles. The maximum Gasteiger partial charge on any atom is 0.490 e. The molecule has 1 unspecified atom stereocenters. The van der Waals surface area contributed by atoms with Crippen LogP contribution in [-0.2, 0) is 22.7 Å². The van der Waals surface area contributed by atoms with Gasteiger partial charge in [0.25, 0.3) is 0 Å². The standard InChI is InChI=1S/C16H23N5O.C2HF3O2/c1-13-8-16(5-6-17-13)20-7-3-4-14(9-20)10-21-11-15(12-22-2)18-19-21;3-2(4,5)1(6)7/h5-6,8,11,14H,3-4,7,9-10,12H2,1-2H3;(H,6,7). The molecule has 1 atom stereocenters. The molecule has 0 aliphatic carbocycles. The highest BCUT2D eigenvalue weighted by atomic mass is 19.4. The lowest BCUT2D eigenvalue weighted by Gasteiger charge is -2.34. The van der Waals surface area contributed by atoms with Crippen molar-refractivity contribution in [2.75, 3.05) is 25.1 Å². The van der Waals surface area contributed by atoms with Gasteiger partial charge in [0.1, 0.15) is 5.69 Å². The van der Waals surface area contributed by atoms with Gasteiger partial charge < -0.3 is 14.7 Å². The van der Waals surface area contributed by atoms with Crippen LogP contribution in [0.4, 0.5) is 18.9 Å². The number of hydrogen-bond donors (Lipinski definition) is 1. The number of carboxylic acid groups (broad SMARTS) is 1. The lowest BCUT2D eigenvalue weighted by molar-refractivity contribution is -0.192. The fourth-order valence-electron chi connectivity index (χ4n) is 3.08. The highest BCUT2D eigenvalue weighted by Crippen LogP contribution is 2.24. The molecule has 3 rings (SSSR count). The summed E-state index contributed by atoms with van der Waals surface area (Å²) >= 11 is 0. The number of hydrogen-bond acceptors (Lipinski definition) is 6. The van der Waals surface area contributed by atoms with E-state index >= 15 is 0 Å². The minimum absolute atomic E-state index is 0.521. The van der Waals surface area contributed by atoms with Gasteiger partial charge in [-0.3, -0.25) is 9.67 Å². The Morgan fingerprint density at radius 3 is 2.76 bits per heavy atom. The molecule has 2 aromatic rings. The van der Waals surface area contributed by atoms with Gasteiger partial charge in [0.15, 0.2) is 0 Å². The summed E-state index contributed by atoms with van der Waals surface area (Å²) in [6.07, 6.45) is 1.24. The van der Waals surface area contributed by atoms with Crippen LogP contribution in [0.1, 0.15) is 24.2 Å². The van der Waals surface area contributed by atoms with Crippen LogP contribution in [-0.4, -0.2) is 57.4 Å². The minimum atomic E-state index is -5.08. The summed E-state index contributed by atoms with van der Waals surface area (Å²) in [7, 11) is 1.68. The van der Waals surface area contributed by atoms with Crippen molar-refractivity contribution in [3.05, 3.63) is 35.9 Å². The van der Waals surface area contributed by atoms with Crippen molar-refractivity contribution >= 4 is 11.7 Å². The summed E-state index contributed by atoms with van der Waals surface area (Å²) in [5.41, 5.74) is 3.23. The molecule has 1 fully saturated rings. The summed E-state index contributed by atoms with van der Waals surface area (Å²) in [5, 5.41) is 15.5. The molecular formula is C18H24F3N5O3. The lowest BCUT2D eigenvalue weighted by atomic mass is 9.97. The van der Waals surface area contributed by atoms with Crippen LogP contribution >= 0.6 is 0 Å². The number of nitrogens with zero attached hydrogens (tertiary/aromatic N) is 5. The number of rotatable bonds is 5. The van der Waals surface area contributed by atoms with Crippen LogP contribution in [0, 0.1) is 12.8 Å². The molecule has 160 valence electrons. The number of pyridine rings is 1. The number of piperidine rings is 1. The van der Waals surface area contributed by atoms with Crippen molar-refractivity contribution < 1.29 is 27.8 Å². The minimum Gasteiger partial charge on any atom is -0.475 e. The molecule has 1 N–H and O–H groups in total. The average molecular weight is 415 g/mol. The Kier molecular flexibility index (Phi) is 7.94. The third-order valence-corrected chi connectivity index (χ3v) is 4.33. The maximum atomic E-state index is 10.6. The van der Waals surface area contributed by atoms with E-state index < -0.39 is 12.1 Å². The van der Waals surface area contributed by atoms with E-state index in [1.54, 1.807) is 7.11 Å². The van der Waals surface area contributed by atoms with Gasteiger partial charge in [-0.25, -0.2) is 4.79 Å². The number of carboxylic acids is 1. The third-order valence-electron chi connectivity index (χ3n) is 4.33. The van der Waals surface area contributed by atoms with E-state index in [1.807, 2.05) is 24.0 Å². The molecule has 1 aliphatic heterocycles. The Labute approximate surface area is 166 Å². The van der Waals surface area contributed by atoms with E-state index in [2.05, 4.69) is 32.3 Å². The van der Waals surface area contributed by atoms with E-state index in [1.165, 1.54) is 18.5 Å². The fourth-order valence-corrected chi connectivity index (χ4v) is 3.08. The number of carbonyl (C=O) groups is 1. The summed E-state index contributed by atoms with van der Waals surface area (Å²) in [6, 6.07) is 4.26. The monoisotopic (exact) mass is 415 g/mol. The maximum absolute atomic E-state index is 10.6. The van der Waals surface area contributed by atoms with Crippen molar-refractivity contribution in [2.45, 2.75) is 39.1 Å². The topological polar surface area (TPSA) is 93.4 Å². The summed E-state index contributed by atoms with van der Waals surface area (Å²) < 4.78 is 38.8. The zero-order valence-corrected chi connectivity index (χ0v) is 16.3. The first-order valence-electron chi connectivity index (χ1n) is 9.04. The Morgan fingerprint density at radius 1 is 1.41 bits per heavy atom. The molecule has 11 heteroatoms. The first kappa shape index (κ1) is 22.6. The number of aromatic nitrogens is 4. The van der Waals surface area contributed by atoms with Crippen LogP contribution in [0.5, 0.6) is 0 Å². The quantitative estimate of drug-likeness (QED) is 0.802. The number of alkyl halides is 3. The lowest BCUT2D eigenvalue weighted by Crippen LogP contribution is -2.37. The molecule has 0 saturated carbocycles. The Hall–Kier alpha value is -2.69. The molecule has 1 saturated heterocycles. The van der Waals surface area contributed by atoms with Crippen molar-refractivity contribution in [3.63, 3.8) is 0 Å². The van der Waals surface area contributed by atoms with Crippen LogP contribution in [0.2, 0.25) is 0 Å². The van der Waals surface area contributed by atoms with Crippen molar-refractivity contribution in [3.8, 4) is 0 Å². The summed E-state index contributed by atoms with van der Waals surface area (Å²) in [4.78, 5) is 15.6. The van der Waals surface area contributed by atoms with E-state index in [9.17, 15) is 13.2 Å². The number of anilines is 1. The van der Waals surface area contributed by atoms with Gasteiger partial charge in [-0.15, -0.1) is 5.10 Å². The van der Waals surface area contributed by atoms with Gasteiger partial charge in [-0.2, -0.15) is 13.2 Å². The SMILES string of the molecule is COCc1cn(CC2CCCN(c3ccnc(C)c3)C2)nn1.O=C(O)C(F)(F)F. The number of methoxy groups -OCH3 is 1. The van der Waals surface area contributed by atoms with Gasteiger partial charge in [0.05, 0.1) is 12.8 Å². The molecule has 0 amide bonds. The first-order chi connectivity index (χ1) is 13.7. The van der Waals surface area contributed by atoms with E-state index in [4.69, 9.17) is 14.6 Å². The number of aliphatic carboxylic acids is 1. The molecule has 1 aliphatic rings. The fraction of sp³-hybridized carbons (Fsp3) is 0.556. The van der Waals surface area contributed by atoms with Gasteiger partial charge in [0, 0.05) is 44.3 Å². The van der Waals surface area contributed by atoms with Gasteiger partial charge >= 0.3 is 12.1 Å². The third kappa shape index (κ3) is 7.33. The Bertz CT molecular complexity index is 797. The molecule has 0 bridgehead atoms. The molecular weight excluding hydrogens is 391 g/mol. The van der Waals surface area contributed by atoms with Gasteiger partial charge in [-0.1, -0.05) is 5.21 Å². The molecule has 2 aromatic heterocycles. The molecule has 0 spiro atoms. The van der Waals surface area contributed by atoms with E-state index in [-0.39, 0.29) is 0 Å². The first-order valence-corrected chi connectivity index (χ1v) is 9.04. The zero-order valence-electron chi connectivity index (χ0n) is 16.3. The van der Waals surface area contributed by atoms with Crippen LogP contribution in [0.15, 0.2) is 24.5 Å². The predicted octanol–water partition coefficient (Wildman–Crippen LogP) is 2.68. The van der Waals surface area contributed by atoms with Crippen LogP contribution in [0.25, 0.3) is 0 Å². The number of halogens is 3. The highest BCUT2D eigenvalue weighted by molar-refractivity contribution is 5.73. The second-order valence-corrected chi connectivity index (χ2v) is 6.78. The van der Waals surface area contributed by atoms with E-state index in [0.29, 0.717) is 12.5 Å². The van der Waals surface area contributed by atoms with Crippen LogP contribution in [0.3, 0.4) is 0 Å². The molecule has 3 heterocycles. The van der Waals surface area contributed by atoms with Crippen molar-refractivity contribution in [2.24, 2.45) is 5.92 Å². The van der Waals surface area contributed by atoms with E-state index in [0.717, 1.165) is 31.0 Å². The smallest absolute Gasteiger partial charge is 0.475 e. The normalized spacial score (nSPS) is 16.9. The average Bonchev–Trinajstić information content (AvgIpc) is 3.09.